The molecule has 1 heterocycles. The van der Waals surface area contributed by atoms with Crippen molar-refractivity contribution in [3.63, 3.8) is 0 Å². The second kappa shape index (κ2) is 4.86. The van der Waals surface area contributed by atoms with Crippen molar-refractivity contribution in [1.29, 1.82) is 0 Å². The Morgan fingerprint density at radius 3 is 2.42 bits per heavy atom. The van der Waals surface area contributed by atoms with E-state index in [0.717, 1.165) is 6.42 Å². The van der Waals surface area contributed by atoms with Gasteiger partial charge in [-0.05, 0) is 37.2 Å². The van der Waals surface area contributed by atoms with Crippen LogP contribution in [0.1, 0.15) is 6.42 Å². The van der Waals surface area contributed by atoms with E-state index in [0.29, 0.717) is 19.2 Å². The average molecular weight is 283 g/mol. The third kappa shape index (κ3) is 2.41. The summed E-state index contributed by atoms with van der Waals surface area (Å²) in [6.07, 6.45) is -3.63. The topological polar surface area (TPSA) is 23.5 Å². The van der Waals surface area contributed by atoms with Crippen molar-refractivity contribution in [1.82, 2.24) is 4.90 Å². The standard InChI is InChI=1S/C12H14F5NO/c13-10-2-3-11(14,12(15,16)17)9(7-19)8(10)6-18-4-1-5-18/h2-3,9,19H,1,4-7H2. The quantitative estimate of drug-likeness (QED) is 0.804. The molecule has 2 atom stereocenters. The second-order valence-corrected chi connectivity index (χ2v) is 4.84. The Morgan fingerprint density at radius 1 is 1.37 bits per heavy atom. The van der Waals surface area contributed by atoms with Gasteiger partial charge in [-0.15, -0.1) is 0 Å². The lowest BCUT2D eigenvalue weighted by Gasteiger charge is -2.39. The zero-order valence-electron chi connectivity index (χ0n) is 10.1. The molecule has 2 aliphatic rings. The predicted octanol–water partition coefficient (Wildman–Crippen LogP) is 2.36. The van der Waals surface area contributed by atoms with Crippen molar-refractivity contribution in [3.8, 4) is 0 Å². The second-order valence-electron chi connectivity index (χ2n) is 4.84. The van der Waals surface area contributed by atoms with Gasteiger partial charge in [0.05, 0.1) is 12.5 Å². The molecule has 0 amide bonds. The Hall–Kier alpha value is -0.950. The first kappa shape index (κ1) is 14.5. The molecular weight excluding hydrogens is 269 g/mol. The van der Waals surface area contributed by atoms with E-state index in [2.05, 4.69) is 0 Å². The molecule has 2 rings (SSSR count). The van der Waals surface area contributed by atoms with Crippen molar-refractivity contribution in [2.45, 2.75) is 18.3 Å². The number of allylic oxidation sites excluding steroid dienone is 3. The molecule has 1 aliphatic heterocycles. The third-order valence-electron chi connectivity index (χ3n) is 3.67. The number of hydrogen-bond donors (Lipinski definition) is 1. The number of alkyl halides is 4. The minimum Gasteiger partial charge on any atom is -0.396 e. The van der Waals surface area contributed by atoms with Crippen LogP contribution >= 0.6 is 0 Å². The van der Waals surface area contributed by atoms with Crippen LogP contribution < -0.4 is 0 Å². The van der Waals surface area contributed by atoms with Crippen LogP contribution in [0.5, 0.6) is 0 Å². The Labute approximate surface area is 107 Å². The zero-order valence-corrected chi connectivity index (χ0v) is 10.1. The van der Waals surface area contributed by atoms with Gasteiger partial charge in [0.25, 0.3) is 0 Å². The van der Waals surface area contributed by atoms with E-state index >= 15 is 0 Å². The molecule has 0 saturated carbocycles. The Balaban J connectivity index is 2.31. The van der Waals surface area contributed by atoms with Crippen molar-refractivity contribution in [2.75, 3.05) is 26.2 Å². The normalized spacial score (nSPS) is 32.6. The van der Waals surface area contributed by atoms with Gasteiger partial charge in [0.15, 0.2) is 0 Å². The van der Waals surface area contributed by atoms with Gasteiger partial charge in [-0.1, -0.05) is 0 Å². The Bertz CT molecular complexity index is 413. The first-order valence-corrected chi connectivity index (χ1v) is 5.96. The van der Waals surface area contributed by atoms with Gasteiger partial charge in [-0.2, -0.15) is 13.2 Å². The number of halogens is 5. The highest BCUT2D eigenvalue weighted by molar-refractivity contribution is 5.35. The maximum absolute atomic E-state index is 14.1. The molecule has 0 aromatic rings. The molecule has 1 aliphatic carbocycles. The van der Waals surface area contributed by atoms with Crippen molar-refractivity contribution < 1.29 is 27.1 Å². The van der Waals surface area contributed by atoms with Gasteiger partial charge < -0.3 is 5.11 Å². The maximum Gasteiger partial charge on any atom is 0.426 e. The molecule has 1 saturated heterocycles. The highest BCUT2D eigenvalue weighted by Crippen LogP contribution is 2.47. The highest BCUT2D eigenvalue weighted by Gasteiger charge is 2.61. The maximum atomic E-state index is 14.1. The summed E-state index contributed by atoms with van der Waals surface area (Å²) >= 11 is 0. The number of hydrogen-bond acceptors (Lipinski definition) is 2. The fraction of sp³-hybridized carbons (Fsp3) is 0.667. The van der Waals surface area contributed by atoms with Crippen molar-refractivity contribution >= 4 is 0 Å². The summed E-state index contributed by atoms with van der Waals surface area (Å²) in [5, 5.41) is 9.09. The predicted molar refractivity (Wildman–Crippen MR) is 58.8 cm³/mol. The van der Waals surface area contributed by atoms with E-state index in [4.69, 9.17) is 5.11 Å². The van der Waals surface area contributed by atoms with E-state index in [-0.39, 0.29) is 18.2 Å². The lowest BCUT2D eigenvalue weighted by atomic mass is 9.78. The minimum atomic E-state index is -5.18. The van der Waals surface area contributed by atoms with Crippen LogP contribution in [0.25, 0.3) is 0 Å². The summed E-state index contributed by atoms with van der Waals surface area (Å²) in [6, 6.07) is 0. The van der Waals surface area contributed by atoms with E-state index in [1.165, 1.54) is 0 Å². The summed E-state index contributed by atoms with van der Waals surface area (Å²) in [5.41, 5.74) is -4.03. The monoisotopic (exact) mass is 283 g/mol. The molecule has 7 heteroatoms. The van der Waals surface area contributed by atoms with Crippen LogP contribution in [-0.4, -0.2) is 48.1 Å². The van der Waals surface area contributed by atoms with Gasteiger partial charge in [-0.3, -0.25) is 4.90 Å². The molecule has 0 spiro atoms. The van der Waals surface area contributed by atoms with E-state index in [1.807, 2.05) is 0 Å². The van der Waals surface area contributed by atoms with Gasteiger partial charge >= 0.3 is 6.18 Å². The molecule has 0 bridgehead atoms. The number of aliphatic hydroxyl groups is 1. The first-order valence-electron chi connectivity index (χ1n) is 5.96. The summed E-state index contributed by atoms with van der Waals surface area (Å²) in [5.74, 6) is -2.80. The molecule has 108 valence electrons. The van der Waals surface area contributed by atoms with Crippen LogP contribution in [0.15, 0.2) is 23.6 Å². The lowest BCUT2D eigenvalue weighted by molar-refractivity contribution is -0.229. The van der Waals surface area contributed by atoms with E-state index in [9.17, 15) is 22.0 Å². The number of rotatable bonds is 3. The van der Waals surface area contributed by atoms with Crippen LogP contribution in [0.3, 0.4) is 0 Å². The fourth-order valence-electron chi connectivity index (χ4n) is 2.34. The number of nitrogens with zero attached hydrogens (tertiary/aromatic N) is 1. The van der Waals surface area contributed by atoms with Gasteiger partial charge in [0.1, 0.15) is 5.83 Å². The lowest BCUT2D eigenvalue weighted by Crippen LogP contribution is -2.51. The van der Waals surface area contributed by atoms with Crippen LogP contribution in [0.2, 0.25) is 0 Å². The molecule has 0 radical (unpaired) electrons. The summed E-state index contributed by atoms with van der Waals surface area (Å²) in [7, 11) is 0. The summed E-state index contributed by atoms with van der Waals surface area (Å²) in [4.78, 5) is 1.72. The molecule has 1 N–H and O–H groups in total. The Kier molecular flexibility index (Phi) is 3.70. The number of likely N-dealkylation sites (tertiary alicyclic amines) is 1. The molecule has 0 aromatic heterocycles. The van der Waals surface area contributed by atoms with Gasteiger partial charge in [-0.25, -0.2) is 8.78 Å². The molecule has 19 heavy (non-hydrogen) atoms. The van der Waals surface area contributed by atoms with Gasteiger partial charge in [0, 0.05) is 6.54 Å². The summed E-state index contributed by atoms with van der Waals surface area (Å²) in [6.45, 7) is 0.119. The smallest absolute Gasteiger partial charge is 0.396 e. The average Bonchev–Trinajstić information content (AvgIpc) is 2.26. The highest BCUT2D eigenvalue weighted by atomic mass is 19.4. The summed E-state index contributed by atoms with van der Waals surface area (Å²) < 4.78 is 66.2. The van der Waals surface area contributed by atoms with Crippen LogP contribution in [0.4, 0.5) is 22.0 Å². The molecule has 2 nitrogen and oxygen atoms in total. The van der Waals surface area contributed by atoms with Crippen molar-refractivity contribution in [2.24, 2.45) is 5.92 Å². The van der Waals surface area contributed by atoms with Crippen LogP contribution in [-0.2, 0) is 0 Å². The largest absolute Gasteiger partial charge is 0.426 e. The number of aliphatic hydroxyl groups excluding tert-OH is 1. The fourth-order valence-corrected chi connectivity index (χ4v) is 2.34. The van der Waals surface area contributed by atoms with Gasteiger partial charge in [0.2, 0.25) is 5.67 Å². The molecule has 1 fully saturated rings. The van der Waals surface area contributed by atoms with E-state index < -0.39 is 30.2 Å². The molecule has 0 aromatic carbocycles. The SMILES string of the molecule is OCC1C(CN2CCC2)=C(F)C=CC1(F)C(F)(F)F. The third-order valence-corrected chi connectivity index (χ3v) is 3.67. The van der Waals surface area contributed by atoms with E-state index in [1.54, 1.807) is 4.90 Å². The first-order chi connectivity index (χ1) is 8.79. The zero-order chi connectivity index (χ0) is 14.3. The van der Waals surface area contributed by atoms with Crippen LogP contribution in [0, 0.1) is 5.92 Å². The Morgan fingerprint density at radius 2 is 2.00 bits per heavy atom. The van der Waals surface area contributed by atoms with Crippen molar-refractivity contribution in [3.05, 3.63) is 23.6 Å². The molecule has 2 unspecified atom stereocenters. The minimum absolute atomic E-state index is 0.0802. The molecular formula is C12H14F5NO.